The molecule has 3 heteroatoms. The number of hydrogen-bond acceptors (Lipinski definition) is 2. The fraction of sp³-hybridized carbons (Fsp3) is 0.364. The number of aryl methyl sites for hydroxylation is 1. The Labute approximate surface area is 83.8 Å². The van der Waals surface area contributed by atoms with Crippen LogP contribution in [0.25, 0.3) is 0 Å². The zero-order valence-corrected chi connectivity index (χ0v) is 8.50. The van der Waals surface area contributed by atoms with E-state index in [1.54, 1.807) is 19.1 Å². The summed E-state index contributed by atoms with van der Waals surface area (Å²) in [6.07, 6.45) is 1.06. The number of nitrogens with one attached hydrogen (secondary N) is 1. The first-order chi connectivity index (χ1) is 6.65. The number of hydrogen-bond donors (Lipinski definition) is 2. The van der Waals surface area contributed by atoms with E-state index in [0.717, 1.165) is 24.2 Å². The zero-order chi connectivity index (χ0) is 10.6. The first-order valence-electron chi connectivity index (χ1n) is 4.73. The lowest BCUT2D eigenvalue weighted by Crippen LogP contribution is -2.03. The largest absolute Gasteiger partial charge is 0.478 e. The number of rotatable bonds is 4. The SMILES string of the molecule is CCCNc1ccc(C(=O)O)c(C)c1. The Balaban J connectivity index is 2.83. The van der Waals surface area contributed by atoms with Gasteiger partial charge in [-0.05, 0) is 37.1 Å². The van der Waals surface area contributed by atoms with Crippen LogP contribution in [0.2, 0.25) is 0 Å². The van der Waals surface area contributed by atoms with Crippen molar-refractivity contribution in [1.29, 1.82) is 0 Å². The van der Waals surface area contributed by atoms with Crippen LogP contribution in [0, 0.1) is 6.92 Å². The Kier molecular flexibility index (Phi) is 3.51. The molecule has 0 saturated heterocycles. The Morgan fingerprint density at radius 1 is 1.50 bits per heavy atom. The van der Waals surface area contributed by atoms with Crippen LogP contribution in [0.1, 0.15) is 29.3 Å². The second-order valence-electron chi connectivity index (χ2n) is 3.26. The Hall–Kier alpha value is -1.51. The molecule has 2 N–H and O–H groups in total. The highest BCUT2D eigenvalue weighted by Crippen LogP contribution is 2.14. The van der Waals surface area contributed by atoms with Gasteiger partial charge >= 0.3 is 5.97 Å². The third-order valence-electron chi connectivity index (χ3n) is 2.04. The minimum Gasteiger partial charge on any atom is -0.478 e. The number of carbonyl (C=O) groups is 1. The van der Waals surface area contributed by atoms with E-state index in [-0.39, 0.29) is 0 Å². The van der Waals surface area contributed by atoms with Gasteiger partial charge in [-0.3, -0.25) is 0 Å². The van der Waals surface area contributed by atoms with Gasteiger partial charge in [0.15, 0.2) is 0 Å². The molecule has 3 nitrogen and oxygen atoms in total. The Morgan fingerprint density at radius 2 is 2.21 bits per heavy atom. The predicted molar refractivity (Wildman–Crippen MR) is 56.9 cm³/mol. The van der Waals surface area contributed by atoms with Crippen molar-refractivity contribution in [2.24, 2.45) is 0 Å². The molecule has 0 amide bonds. The first-order valence-corrected chi connectivity index (χ1v) is 4.73. The zero-order valence-electron chi connectivity index (χ0n) is 8.50. The average molecular weight is 193 g/mol. The molecule has 76 valence electrons. The average Bonchev–Trinajstić information content (AvgIpc) is 2.14. The van der Waals surface area contributed by atoms with Crippen molar-refractivity contribution in [1.82, 2.24) is 0 Å². The van der Waals surface area contributed by atoms with Gasteiger partial charge in [-0.25, -0.2) is 4.79 Å². The monoisotopic (exact) mass is 193 g/mol. The summed E-state index contributed by atoms with van der Waals surface area (Å²) in [5.41, 5.74) is 2.14. The third kappa shape index (κ3) is 2.49. The molecule has 0 aromatic heterocycles. The van der Waals surface area contributed by atoms with Crippen molar-refractivity contribution in [3.8, 4) is 0 Å². The maximum Gasteiger partial charge on any atom is 0.335 e. The lowest BCUT2D eigenvalue weighted by atomic mass is 10.1. The van der Waals surface area contributed by atoms with Gasteiger partial charge in [0.1, 0.15) is 0 Å². The van der Waals surface area contributed by atoms with E-state index in [9.17, 15) is 4.79 Å². The van der Waals surface area contributed by atoms with Gasteiger partial charge in [0, 0.05) is 12.2 Å². The summed E-state index contributed by atoms with van der Waals surface area (Å²) in [6.45, 7) is 4.80. The molecule has 0 atom stereocenters. The Morgan fingerprint density at radius 3 is 2.71 bits per heavy atom. The van der Waals surface area contributed by atoms with Crippen LogP contribution in [-0.2, 0) is 0 Å². The minimum absolute atomic E-state index is 0.368. The molecular formula is C11H15NO2. The standard InChI is InChI=1S/C11H15NO2/c1-3-6-12-9-4-5-10(11(13)14)8(2)7-9/h4-5,7,12H,3,6H2,1-2H3,(H,13,14). The van der Waals surface area contributed by atoms with Crippen molar-refractivity contribution in [3.63, 3.8) is 0 Å². The summed E-state index contributed by atoms with van der Waals surface area (Å²) in [7, 11) is 0. The van der Waals surface area contributed by atoms with E-state index in [2.05, 4.69) is 12.2 Å². The summed E-state index contributed by atoms with van der Waals surface area (Å²) >= 11 is 0. The molecule has 1 rings (SSSR count). The van der Waals surface area contributed by atoms with Crippen LogP contribution < -0.4 is 5.32 Å². The molecule has 0 heterocycles. The molecule has 0 unspecified atom stereocenters. The fourth-order valence-electron chi connectivity index (χ4n) is 1.28. The third-order valence-corrected chi connectivity index (χ3v) is 2.04. The minimum atomic E-state index is -0.871. The van der Waals surface area contributed by atoms with Gasteiger partial charge in [0.25, 0.3) is 0 Å². The summed E-state index contributed by atoms with van der Waals surface area (Å²) in [5.74, 6) is -0.871. The summed E-state index contributed by atoms with van der Waals surface area (Å²) in [5, 5.41) is 12.0. The normalized spacial score (nSPS) is 9.86. The number of carboxylic acids is 1. The first kappa shape index (κ1) is 10.6. The van der Waals surface area contributed by atoms with Crippen molar-refractivity contribution < 1.29 is 9.90 Å². The molecule has 0 aliphatic heterocycles. The quantitative estimate of drug-likeness (QED) is 0.772. The van der Waals surface area contributed by atoms with Gasteiger partial charge < -0.3 is 10.4 Å². The maximum absolute atomic E-state index is 10.7. The molecule has 0 radical (unpaired) electrons. The summed E-state index contributed by atoms with van der Waals surface area (Å²) in [6, 6.07) is 5.29. The number of carboxylic acid groups (broad SMARTS) is 1. The van der Waals surface area contributed by atoms with E-state index in [0.29, 0.717) is 5.56 Å². The van der Waals surface area contributed by atoms with Crippen LogP contribution >= 0.6 is 0 Å². The number of benzene rings is 1. The second kappa shape index (κ2) is 4.65. The van der Waals surface area contributed by atoms with E-state index in [4.69, 9.17) is 5.11 Å². The highest BCUT2D eigenvalue weighted by molar-refractivity contribution is 5.89. The van der Waals surface area contributed by atoms with E-state index >= 15 is 0 Å². The highest BCUT2D eigenvalue weighted by Gasteiger charge is 2.06. The van der Waals surface area contributed by atoms with Crippen molar-refractivity contribution >= 4 is 11.7 Å². The molecule has 0 aliphatic rings. The lowest BCUT2D eigenvalue weighted by molar-refractivity contribution is 0.0696. The van der Waals surface area contributed by atoms with Crippen molar-refractivity contribution in [2.45, 2.75) is 20.3 Å². The molecule has 0 bridgehead atoms. The molecule has 0 fully saturated rings. The van der Waals surface area contributed by atoms with Crippen LogP contribution in [0.3, 0.4) is 0 Å². The molecule has 0 saturated carbocycles. The number of anilines is 1. The molecular weight excluding hydrogens is 178 g/mol. The van der Waals surface area contributed by atoms with Gasteiger partial charge in [-0.15, -0.1) is 0 Å². The van der Waals surface area contributed by atoms with Crippen LogP contribution in [-0.4, -0.2) is 17.6 Å². The van der Waals surface area contributed by atoms with E-state index < -0.39 is 5.97 Å². The smallest absolute Gasteiger partial charge is 0.335 e. The Bertz CT molecular complexity index is 334. The molecule has 1 aromatic rings. The molecule has 1 aromatic carbocycles. The summed E-state index contributed by atoms with van der Waals surface area (Å²) < 4.78 is 0. The molecule has 0 spiro atoms. The topological polar surface area (TPSA) is 49.3 Å². The van der Waals surface area contributed by atoms with Gasteiger partial charge in [-0.2, -0.15) is 0 Å². The second-order valence-corrected chi connectivity index (χ2v) is 3.26. The van der Waals surface area contributed by atoms with Crippen molar-refractivity contribution in [3.05, 3.63) is 29.3 Å². The highest BCUT2D eigenvalue weighted by atomic mass is 16.4. The summed E-state index contributed by atoms with van der Waals surface area (Å²) in [4.78, 5) is 10.7. The van der Waals surface area contributed by atoms with Gasteiger partial charge in [-0.1, -0.05) is 6.92 Å². The number of aromatic carboxylic acids is 1. The van der Waals surface area contributed by atoms with Gasteiger partial charge in [0.2, 0.25) is 0 Å². The fourth-order valence-corrected chi connectivity index (χ4v) is 1.28. The van der Waals surface area contributed by atoms with Crippen molar-refractivity contribution in [2.75, 3.05) is 11.9 Å². The van der Waals surface area contributed by atoms with E-state index in [1.807, 2.05) is 6.07 Å². The molecule has 14 heavy (non-hydrogen) atoms. The van der Waals surface area contributed by atoms with Crippen LogP contribution in [0.15, 0.2) is 18.2 Å². The van der Waals surface area contributed by atoms with Gasteiger partial charge in [0.05, 0.1) is 5.56 Å². The van der Waals surface area contributed by atoms with E-state index in [1.165, 1.54) is 0 Å². The van der Waals surface area contributed by atoms with Crippen LogP contribution in [0.4, 0.5) is 5.69 Å². The van der Waals surface area contributed by atoms with Crippen LogP contribution in [0.5, 0.6) is 0 Å². The lowest BCUT2D eigenvalue weighted by Gasteiger charge is -2.07. The molecule has 0 aliphatic carbocycles. The predicted octanol–water partition coefficient (Wildman–Crippen LogP) is 2.52. The maximum atomic E-state index is 10.7.